The lowest BCUT2D eigenvalue weighted by Gasteiger charge is -2.06. The SMILES string of the molecule is CC(=O)Nc1cccc(SCC(=O)Nc2scc(-c3ccccc3)c2C#N)c1. The van der Waals surface area contributed by atoms with E-state index in [-0.39, 0.29) is 17.6 Å². The molecule has 1 heterocycles. The lowest BCUT2D eigenvalue weighted by Crippen LogP contribution is -2.13. The summed E-state index contributed by atoms with van der Waals surface area (Å²) in [5.74, 6) is -0.129. The molecule has 0 aliphatic heterocycles. The molecule has 0 aliphatic rings. The zero-order valence-corrected chi connectivity index (χ0v) is 16.7. The van der Waals surface area contributed by atoms with Crippen LogP contribution in [0.4, 0.5) is 10.7 Å². The maximum Gasteiger partial charge on any atom is 0.235 e. The van der Waals surface area contributed by atoms with Gasteiger partial charge in [0, 0.05) is 28.5 Å². The largest absolute Gasteiger partial charge is 0.326 e. The molecule has 0 fully saturated rings. The van der Waals surface area contributed by atoms with Crippen molar-refractivity contribution in [3.05, 3.63) is 65.5 Å². The fourth-order valence-corrected chi connectivity index (χ4v) is 4.26. The molecule has 0 bridgehead atoms. The maximum atomic E-state index is 12.4. The van der Waals surface area contributed by atoms with Crippen LogP contribution in [0.5, 0.6) is 0 Å². The van der Waals surface area contributed by atoms with Gasteiger partial charge in [-0.2, -0.15) is 5.26 Å². The van der Waals surface area contributed by atoms with E-state index in [1.807, 2.05) is 53.9 Å². The number of anilines is 2. The molecule has 2 aromatic carbocycles. The Kier molecular flexibility index (Phi) is 6.48. The van der Waals surface area contributed by atoms with Crippen molar-refractivity contribution in [3.8, 4) is 17.2 Å². The van der Waals surface area contributed by atoms with Gasteiger partial charge in [-0.05, 0) is 23.8 Å². The van der Waals surface area contributed by atoms with Crippen molar-refractivity contribution in [2.24, 2.45) is 0 Å². The molecular weight excluding hydrogens is 390 g/mol. The normalized spacial score (nSPS) is 10.1. The molecule has 5 nitrogen and oxygen atoms in total. The lowest BCUT2D eigenvalue weighted by molar-refractivity contribution is -0.114. The molecule has 140 valence electrons. The van der Waals surface area contributed by atoms with Crippen molar-refractivity contribution < 1.29 is 9.59 Å². The van der Waals surface area contributed by atoms with Gasteiger partial charge in [0.25, 0.3) is 0 Å². The summed E-state index contributed by atoms with van der Waals surface area (Å²) in [6.07, 6.45) is 0. The number of thiophene rings is 1. The van der Waals surface area contributed by atoms with E-state index in [4.69, 9.17) is 0 Å². The van der Waals surface area contributed by atoms with E-state index in [2.05, 4.69) is 16.7 Å². The lowest BCUT2D eigenvalue weighted by atomic mass is 10.1. The molecule has 2 amide bonds. The Morgan fingerprint density at radius 1 is 1.11 bits per heavy atom. The van der Waals surface area contributed by atoms with Gasteiger partial charge in [0.2, 0.25) is 11.8 Å². The summed E-state index contributed by atoms with van der Waals surface area (Å²) in [6, 6.07) is 19.1. The number of nitrogens with one attached hydrogen (secondary N) is 2. The number of amides is 2. The van der Waals surface area contributed by atoms with Gasteiger partial charge in [-0.3, -0.25) is 9.59 Å². The van der Waals surface area contributed by atoms with Crippen molar-refractivity contribution in [3.63, 3.8) is 0 Å². The minimum absolute atomic E-state index is 0.143. The van der Waals surface area contributed by atoms with Crippen molar-refractivity contribution in [2.75, 3.05) is 16.4 Å². The molecule has 0 radical (unpaired) electrons. The molecule has 0 aliphatic carbocycles. The number of carbonyl (C=O) groups excluding carboxylic acids is 2. The van der Waals surface area contributed by atoms with Crippen LogP contribution >= 0.6 is 23.1 Å². The molecule has 0 unspecified atom stereocenters. The van der Waals surface area contributed by atoms with E-state index < -0.39 is 0 Å². The number of hydrogen-bond acceptors (Lipinski definition) is 5. The van der Waals surface area contributed by atoms with Crippen LogP contribution in [-0.4, -0.2) is 17.6 Å². The van der Waals surface area contributed by atoms with Gasteiger partial charge in [0.15, 0.2) is 0 Å². The first-order chi connectivity index (χ1) is 13.6. The van der Waals surface area contributed by atoms with E-state index in [1.54, 1.807) is 6.07 Å². The minimum Gasteiger partial charge on any atom is -0.326 e. The summed E-state index contributed by atoms with van der Waals surface area (Å²) in [7, 11) is 0. The van der Waals surface area contributed by atoms with Crippen LogP contribution in [0.25, 0.3) is 11.1 Å². The summed E-state index contributed by atoms with van der Waals surface area (Å²) < 4.78 is 0. The Hall–Kier alpha value is -3.08. The van der Waals surface area contributed by atoms with E-state index in [0.29, 0.717) is 16.3 Å². The number of hydrogen-bond donors (Lipinski definition) is 2. The molecule has 0 saturated carbocycles. The molecule has 1 aromatic heterocycles. The molecule has 28 heavy (non-hydrogen) atoms. The summed E-state index contributed by atoms with van der Waals surface area (Å²) in [5, 5.41) is 17.5. The molecular formula is C21H17N3O2S2. The number of benzene rings is 2. The van der Waals surface area contributed by atoms with Crippen LogP contribution in [0.3, 0.4) is 0 Å². The summed E-state index contributed by atoms with van der Waals surface area (Å²) in [5.41, 5.74) is 2.93. The van der Waals surface area contributed by atoms with Crippen LogP contribution < -0.4 is 10.6 Å². The molecule has 0 saturated heterocycles. The Balaban J connectivity index is 1.65. The maximum absolute atomic E-state index is 12.4. The Morgan fingerprint density at radius 3 is 2.61 bits per heavy atom. The second-order valence-electron chi connectivity index (χ2n) is 5.88. The average Bonchev–Trinajstić information content (AvgIpc) is 3.09. The second-order valence-corrected chi connectivity index (χ2v) is 7.81. The number of thioether (sulfide) groups is 1. The number of nitrogens with zero attached hydrogens (tertiary/aromatic N) is 1. The summed E-state index contributed by atoms with van der Waals surface area (Å²) in [6.45, 7) is 1.45. The topological polar surface area (TPSA) is 82.0 Å². The molecule has 7 heteroatoms. The van der Waals surface area contributed by atoms with Crippen LogP contribution in [0.2, 0.25) is 0 Å². The van der Waals surface area contributed by atoms with Crippen LogP contribution in [-0.2, 0) is 9.59 Å². The van der Waals surface area contributed by atoms with Crippen molar-refractivity contribution >= 4 is 45.6 Å². The zero-order valence-electron chi connectivity index (χ0n) is 15.1. The molecule has 0 spiro atoms. The second kappa shape index (κ2) is 9.22. The van der Waals surface area contributed by atoms with Crippen molar-refractivity contribution in [2.45, 2.75) is 11.8 Å². The molecule has 3 aromatic rings. The first kappa shape index (κ1) is 19.7. The summed E-state index contributed by atoms with van der Waals surface area (Å²) >= 11 is 2.71. The van der Waals surface area contributed by atoms with Gasteiger partial charge in [0.1, 0.15) is 11.1 Å². The quantitative estimate of drug-likeness (QED) is 0.565. The highest BCUT2D eigenvalue weighted by Crippen LogP contribution is 2.35. The molecule has 3 rings (SSSR count). The highest BCUT2D eigenvalue weighted by molar-refractivity contribution is 8.00. The zero-order chi connectivity index (χ0) is 19.9. The number of carbonyl (C=O) groups is 2. The third-order valence-electron chi connectivity index (χ3n) is 3.76. The molecule has 0 atom stereocenters. The Bertz CT molecular complexity index is 1040. The number of rotatable bonds is 6. The fourth-order valence-electron chi connectivity index (χ4n) is 2.57. The van der Waals surface area contributed by atoms with Gasteiger partial charge in [0.05, 0.1) is 11.3 Å². The van der Waals surface area contributed by atoms with E-state index >= 15 is 0 Å². The predicted molar refractivity (Wildman–Crippen MR) is 115 cm³/mol. The molecule has 2 N–H and O–H groups in total. The third-order valence-corrected chi connectivity index (χ3v) is 5.65. The highest BCUT2D eigenvalue weighted by atomic mass is 32.2. The van der Waals surface area contributed by atoms with Crippen molar-refractivity contribution in [1.29, 1.82) is 5.26 Å². The summed E-state index contributed by atoms with van der Waals surface area (Å²) in [4.78, 5) is 24.4. The fraction of sp³-hybridized carbons (Fsp3) is 0.0952. The monoisotopic (exact) mass is 407 g/mol. The Morgan fingerprint density at radius 2 is 1.89 bits per heavy atom. The Labute approximate surface area is 171 Å². The average molecular weight is 408 g/mol. The van der Waals surface area contributed by atoms with Crippen LogP contribution in [0.15, 0.2) is 64.9 Å². The van der Waals surface area contributed by atoms with Gasteiger partial charge < -0.3 is 10.6 Å². The highest BCUT2D eigenvalue weighted by Gasteiger charge is 2.15. The first-order valence-corrected chi connectivity index (χ1v) is 10.3. The van der Waals surface area contributed by atoms with E-state index in [0.717, 1.165) is 16.0 Å². The van der Waals surface area contributed by atoms with Crippen LogP contribution in [0.1, 0.15) is 12.5 Å². The van der Waals surface area contributed by atoms with Crippen molar-refractivity contribution in [1.82, 2.24) is 0 Å². The van der Waals surface area contributed by atoms with Gasteiger partial charge in [-0.15, -0.1) is 23.1 Å². The first-order valence-electron chi connectivity index (χ1n) is 8.44. The van der Waals surface area contributed by atoms with Gasteiger partial charge >= 0.3 is 0 Å². The minimum atomic E-state index is -0.187. The standard InChI is InChI=1S/C21H17N3O2S2/c1-14(25)23-16-8-5-9-17(10-16)27-13-20(26)24-21-18(11-22)19(12-28-21)15-6-3-2-4-7-15/h2-10,12H,13H2,1H3,(H,23,25)(H,24,26). The van der Waals surface area contributed by atoms with Gasteiger partial charge in [-0.25, -0.2) is 0 Å². The van der Waals surface area contributed by atoms with E-state index in [1.165, 1.54) is 30.0 Å². The number of nitriles is 1. The van der Waals surface area contributed by atoms with Gasteiger partial charge in [-0.1, -0.05) is 36.4 Å². The predicted octanol–water partition coefficient (Wildman–Crippen LogP) is 4.98. The van der Waals surface area contributed by atoms with Crippen LogP contribution in [0, 0.1) is 11.3 Å². The smallest absolute Gasteiger partial charge is 0.235 e. The third kappa shape index (κ3) is 5.00. The van der Waals surface area contributed by atoms with E-state index in [9.17, 15) is 14.9 Å².